The average Bonchev–Trinajstić information content (AvgIpc) is 3.34. The Morgan fingerprint density at radius 1 is 0.970 bits per heavy atom. The highest BCUT2D eigenvalue weighted by molar-refractivity contribution is 6.21. The lowest BCUT2D eigenvalue weighted by molar-refractivity contribution is -0.122. The summed E-state index contributed by atoms with van der Waals surface area (Å²) in [5.74, 6) is 0.785. The van der Waals surface area contributed by atoms with Crippen LogP contribution in [0.25, 0.3) is 0 Å². The summed E-state index contributed by atoms with van der Waals surface area (Å²) < 4.78 is 5.27. The zero-order valence-electron chi connectivity index (χ0n) is 18.2. The second kappa shape index (κ2) is 8.78. The molecule has 3 aromatic carbocycles. The molecule has 0 saturated carbocycles. The smallest absolute Gasteiger partial charge is 0.258 e. The Labute approximate surface area is 192 Å². The fraction of sp³-hybridized carbons (Fsp3) is 0.192. The molecule has 1 fully saturated rings. The first-order valence-corrected chi connectivity index (χ1v) is 10.9. The number of rotatable bonds is 5. The van der Waals surface area contributed by atoms with Gasteiger partial charge >= 0.3 is 0 Å². The standard InChI is InChI=1S/C26H24N4O3/c1-33-21-14-12-20(13-15-21)30-25(32)22(28-24(31)19-10-6-3-7-11-19)23(18-8-4-2-5-9-18)29-17-16-27-26(29)30/h2-15,22-23H,16-17H2,1H3,(H,28,31)/t22-,23+/m1/s1. The molecule has 5 rings (SSSR count). The lowest BCUT2D eigenvalue weighted by Crippen LogP contribution is -2.64. The summed E-state index contributed by atoms with van der Waals surface area (Å²) in [6.07, 6.45) is 0. The van der Waals surface area contributed by atoms with Gasteiger partial charge in [-0.1, -0.05) is 48.5 Å². The van der Waals surface area contributed by atoms with Crippen LogP contribution in [0, 0.1) is 0 Å². The lowest BCUT2D eigenvalue weighted by Gasteiger charge is -2.45. The van der Waals surface area contributed by atoms with Gasteiger partial charge in [0.25, 0.3) is 11.8 Å². The van der Waals surface area contributed by atoms with Gasteiger partial charge in [0.2, 0.25) is 5.96 Å². The maximum absolute atomic E-state index is 13.9. The number of anilines is 1. The van der Waals surface area contributed by atoms with E-state index in [2.05, 4.69) is 15.2 Å². The highest BCUT2D eigenvalue weighted by Gasteiger charge is 2.48. The summed E-state index contributed by atoms with van der Waals surface area (Å²) in [6, 6.07) is 24.9. The molecule has 1 N–H and O–H groups in total. The summed E-state index contributed by atoms with van der Waals surface area (Å²) in [5, 5.41) is 3.02. The van der Waals surface area contributed by atoms with Crippen LogP contribution in [0.4, 0.5) is 5.69 Å². The van der Waals surface area contributed by atoms with Gasteiger partial charge in [-0.05, 0) is 42.0 Å². The number of methoxy groups -OCH3 is 1. The molecular formula is C26H24N4O3. The third kappa shape index (κ3) is 3.82. The van der Waals surface area contributed by atoms with E-state index < -0.39 is 6.04 Å². The van der Waals surface area contributed by atoms with Crippen molar-refractivity contribution in [3.8, 4) is 5.75 Å². The number of guanidine groups is 1. The number of carbonyl (C=O) groups excluding carboxylic acids is 2. The van der Waals surface area contributed by atoms with Gasteiger partial charge in [0.05, 0.1) is 25.4 Å². The van der Waals surface area contributed by atoms with E-state index in [1.54, 1.807) is 36.3 Å². The van der Waals surface area contributed by atoms with E-state index in [9.17, 15) is 9.59 Å². The van der Waals surface area contributed by atoms with E-state index in [-0.39, 0.29) is 17.9 Å². The number of fused-ring (bicyclic) bond motifs is 1. The van der Waals surface area contributed by atoms with Crippen molar-refractivity contribution in [3.05, 3.63) is 96.1 Å². The molecule has 166 valence electrons. The average molecular weight is 441 g/mol. The summed E-state index contributed by atoms with van der Waals surface area (Å²) in [7, 11) is 1.60. The monoisotopic (exact) mass is 440 g/mol. The van der Waals surface area contributed by atoms with Crippen molar-refractivity contribution in [1.29, 1.82) is 0 Å². The Morgan fingerprint density at radius 2 is 1.64 bits per heavy atom. The van der Waals surface area contributed by atoms with Gasteiger partial charge in [0.15, 0.2) is 0 Å². The fourth-order valence-electron chi connectivity index (χ4n) is 4.42. The van der Waals surface area contributed by atoms with Gasteiger partial charge < -0.3 is 15.0 Å². The van der Waals surface area contributed by atoms with Gasteiger partial charge in [-0.15, -0.1) is 0 Å². The molecule has 0 spiro atoms. The molecule has 0 radical (unpaired) electrons. The molecule has 2 amide bonds. The molecule has 2 atom stereocenters. The topological polar surface area (TPSA) is 74.2 Å². The van der Waals surface area contributed by atoms with Gasteiger partial charge in [0.1, 0.15) is 11.8 Å². The summed E-state index contributed by atoms with van der Waals surface area (Å²) in [4.78, 5) is 35.4. The molecule has 7 nitrogen and oxygen atoms in total. The molecule has 1 saturated heterocycles. The van der Waals surface area contributed by atoms with Crippen molar-refractivity contribution in [3.63, 3.8) is 0 Å². The van der Waals surface area contributed by atoms with Gasteiger partial charge in [-0.25, -0.2) is 4.90 Å². The number of nitrogens with zero attached hydrogens (tertiary/aromatic N) is 3. The summed E-state index contributed by atoms with van der Waals surface area (Å²) in [6.45, 7) is 1.24. The molecule has 7 heteroatoms. The minimum absolute atomic E-state index is 0.227. The van der Waals surface area contributed by atoms with Crippen molar-refractivity contribution in [1.82, 2.24) is 10.2 Å². The minimum atomic E-state index is -0.792. The van der Waals surface area contributed by atoms with Crippen LogP contribution < -0.4 is 15.0 Å². The van der Waals surface area contributed by atoms with Crippen molar-refractivity contribution >= 4 is 23.5 Å². The Bertz CT molecular complexity index is 1180. The molecule has 0 bridgehead atoms. The number of aliphatic imine (C=N–C) groups is 1. The van der Waals surface area contributed by atoms with E-state index in [1.807, 2.05) is 60.7 Å². The van der Waals surface area contributed by atoms with Crippen molar-refractivity contribution in [2.75, 3.05) is 25.1 Å². The maximum atomic E-state index is 13.9. The molecule has 3 aromatic rings. The highest BCUT2D eigenvalue weighted by atomic mass is 16.5. The molecule has 0 unspecified atom stereocenters. The van der Waals surface area contributed by atoms with E-state index in [1.165, 1.54) is 0 Å². The Kier molecular flexibility index (Phi) is 5.52. The zero-order chi connectivity index (χ0) is 22.8. The van der Waals surface area contributed by atoms with E-state index >= 15 is 0 Å². The van der Waals surface area contributed by atoms with Crippen molar-refractivity contribution < 1.29 is 14.3 Å². The zero-order valence-corrected chi connectivity index (χ0v) is 18.2. The van der Waals surface area contributed by atoms with Gasteiger partial charge in [-0.3, -0.25) is 14.6 Å². The summed E-state index contributed by atoms with van der Waals surface area (Å²) >= 11 is 0. The quantitative estimate of drug-likeness (QED) is 0.661. The van der Waals surface area contributed by atoms with Gasteiger partial charge in [0, 0.05) is 12.1 Å². The molecule has 0 aromatic heterocycles. The lowest BCUT2D eigenvalue weighted by atomic mass is 9.93. The van der Waals surface area contributed by atoms with E-state index in [0.29, 0.717) is 36.0 Å². The number of nitrogens with one attached hydrogen (secondary N) is 1. The second-order valence-electron chi connectivity index (χ2n) is 7.92. The molecule has 33 heavy (non-hydrogen) atoms. The highest BCUT2D eigenvalue weighted by Crippen LogP contribution is 2.36. The predicted molar refractivity (Wildman–Crippen MR) is 126 cm³/mol. The molecule has 2 heterocycles. The molecule has 2 aliphatic rings. The first-order valence-electron chi connectivity index (χ1n) is 10.9. The van der Waals surface area contributed by atoms with Crippen molar-refractivity contribution in [2.24, 2.45) is 4.99 Å². The van der Waals surface area contributed by atoms with Crippen LogP contribution in [-0.2, 0) is 4.79 Å². The maximum Gasteiger partial charge on any atom is 0.258 e. The first kappa shape index (κ1) is 20.8. The molecule has 0 aliphatic carbocycles. The Morgan fingerprint density at radius 3 is 2.30 bits per heavy atom. The number of amides is 2. The first-order chi connectivity index (χ1) is 16.2. The van der Waals surface area contributed by atoms with Crippen molar-refractivity contribution in [2.45, 2.75) is 12.1 Å². The number of ether oxygens (including phenoxy) is 1. The second-order valence-corrected chi connectivity index (χ2v) is 7.92. The van der Waals surface area contributed by atoms with Gasteiger partial charge in [-0.2, -0.15) is 0 Å². The van der Waals surface area contributed by atoms with Crippen LogP contribution in [0.3, 0.4) is 0 Å². The van der Waals surface area contributed by atoms with Crippen LogP contribution >= 0.6 is 0 Å². The fourth-order valence-corrected chi connectivity index (χ4v) is 4.42. The van der Waals surface area contributed by atoms with Crippen LogP contribution in [0.5, 0.6) is 5.75 Å². The minimum Gasteiger partial charge on any atom is -0.497 e. The third-order valence-electron chi connectivity index (χ3n) is 5.98. The summed E-state index contributed by atoms with van der Waals surface area (Å²) in [5.41, 5.74) is 2.14. The number of carbonyl (C=O) groups is 2. The SMILES string of the molecule is COc1ccc(N2C(=O)[C@H](NC(=O)c3ccccc3)[C@H](c3ccccc3)N3CCN=C23)cc1. The normalized spacial score (nSPS) is 19.7. The predicted octanol–water partition coefficient (Wildman–Crippen LogP) is 3.25. The number of hydrogen-bond donors (Lipinski definition) is 1. The number of hydrogen-bond acceptors (Lipinski definition) is 5. The molecule has 2 aliphatic heterocycles. The van der Waals surface area contributed by atoms with Crippen LogP contribution in [0.15, 0.2) is 89.9 Å². The number of benzene rings is 3. The largest absolute Gasteiger partial charge is 0.497 e. The Hall–Kier alpha value is -4.13. The molecular weight excluding hydrogens is 416 g/mol. The van der Waals surface area contributed by atoms with Crippen LogP contribution in [0.2, 0.25) is 0 Å². The van der Waals surface area contributed by atoms with Crippen LogP contribution in [-0.4, -0.2) is 48.9 Å². The third-order valence-corrected chi connectivity index (χ3v) is 5.98. The Balaban J connectivity index is 1.56. The van der Waals surface area contributed by atoms with E-state index in [0.717, 1.165) is 5.56 Å². The van der Waals surface area contributed by atoms with E-state index in [4.69, 9.17) is 4.74 Å². The van der Waals surface area contributed by atoms with Crippen LogP contribution in [0.1, 0.15) is 22.0 Å².